The zero-order valence-corrected chi connectivity index (χ0v) is 11.2. The second kappa shape index (κ2) is 5.55. The molecule has 1 aromatic heterocycles. The Hall–Kier alpha value is -1.65. The summed E-state index contributed by atoms with van der Waals surface area (Å²) in [5.41, 5.74) is 1.13. The van der Waals surface area contributed by atoms with Crippen molar-refractivity contribution < 1.29 is 5.82 Å². The van der Waals surface area contributed by atoms with Gasteiger partial charge in [0.15, 0.2) is 5.82 Å². The first kappa shape index (κ1) is 13.8. The van der Waals surface area contributed by atoms with Gasteiger partial charge in [0, 0.05) is 7.34 Å². The molecular weight excluding hydrogens is 242 g/mol. The van der Waals surface area contributed by atoms with Crippen LogP contribution in [0, 0.1) is 5.82 Å². The highest BCUT2D eigenvalue weighted by Gasteiger charge is 2.14. The molecule has 0 bridgehead atoms. The Morgan fingerprint density at radius 3 is 2.89 bits per heavy atom. The molecule has 1 aromatic carbocycles. The van der Waals surface area contributed by atoms with Crippen molar-refractivity contribution in [2.75, 3.05) is 0 Å². The second-order valence-electron chi connectivity index (χ2n) is 4.78. The van der Waals surface area contributed by atoms with E-state index < -0.39 is 5.82 Å². The number of nitrogens with zero attached hydrogens (tertiary/aromatic N) is 1. The van der Waals surface area contributed by atoms with Gasteiger partial charge in [-0.3, -0.25) is 4.79 Å². The number of aromatic nitrogens is 2. The third-order valence-corrected chi connectivity index (χ3v) is 3.32. The lowest BCUT2D eigenvalue weighted by atomic mass is 9.96. The van der Waals surface area contributed by atoms with E-state index in [4.69, 9.17) is 7.85 Å². The molecule has 5 heteroatoms. The van der Waals surface area contributed by atoms with E-state index in [1.165, 1.54) is 0 Å². The summed E-state index contributed by atoms with van der Waals surface area (Å²) < 4.78 is 14.0. The fourth-order valence-electron chi connectivity index (χ4n) is 2.24. The molecule has 0 aliphatic rings. The fourth-order valence-corrected chi connectivity index (χ4v) is 2.24. The third kappa shape index (κ3) is 2.55. The topological polar surface area (TPSA) is 45.8 Å². The van der Waals surface area contributed by atoms with Gasteiger partial charge in [-0.1, -0.05) is 32.7 Å². The van der Waals surface area contributed by atoms with Crippen LogP contribution in [0.25, 0.3) is 11.0 Å². The lowest BCUT2D eigenvalue weighted by molar-refractivity contribution is 0.620. The van der Waals surface area contributed by atoms with Crippen LogP contribution in [0.2, 0.25) is 0 Å². The summed E-state index contributed by atoms with van der Waals surface area (Å²) in [5.74, 6) is -0.422. The van der Waals surface area contributed by atoms with E-state index in [2.05, 4.69) is 16.9 Å². The molecule has 1 N–H and O–H groups in total. The molecule has 1 atom stereocenters. The van der Waals surface area contributed by atoms with E-state index in [9.17, 15) is 9.18 Å². The average Bonchev–Trinajstić information content (AvgIpc) is 2.39. The van der Waals surface area contributed by atoms with Gasteiger partial charge < -0.3 is 4.98 Å². The number of hydrogen-bond acceptors (Lipinski definition) is 2. The van der Waals surface area contributed by atoms with E-state index in [0.29, 0.717) is 16.8 Å². The Morgan fingerprint density at radius 1 is 1.53 bits per heavy atom. The van der Waals surface area contributed by atoms with Gasteiger partial charge >= 0.3 is 0 Å². The highest BCUT2D eigenvalue weighted by molar-refractivity contribution is 6.08. The minimum Gasteiger partial charge on any atom is -0.317 e. The molecule has 100 valence electrons. The van der Waals surface area contributed by atoms with Crippen molar-refractivity contribution in [3.05, 3.63) is 39.6 Å². The summed E-state index contributed by atoms with van der Waals surface area (Å²) in [5, 5.41) is 0. The molecular formula is C14H18BFN2O. The maximum Gasteiger partial charge on any atom is 0.270 e. The molecule has 0 aliphatic carbocycles. The minimum atomic E-state index is -0.487. The standard InChI is InChI=1S/C14H16BFN2O.H2/c1-3-4-8(2)12-14(19)18-13-10(17-12)6-5-9(7-15)11(13)16;/h5-6,8H,3-4,7H2,1-2H3,(H,18,19);1H. The van der Waals surface area contributed by atoms with E-state index in [1.807, 2.05) is 6.92 Å². The molecule has 0 amide bonds. The third-order valence-electron chi connectivity index (χ3n) is 3.32. The summed E-state index contributed by atoms with van der Waals surface area (Å²) in [6, 6.07) is 3.30. The van der Waals surface area contributed by atoms with Gasteiger partial charge in [0.2, 0.25) is 0 Å². The maximum atomic E-state index is 14.0. The summed E-state index contributed by atoms with van der Waals surface area (Å²) in [4.78, 5) is 18.9. The van der Waals surface area contributed by atoms with Crippen LogP contribution in [0.15, 0.2) is 16.9 Å². The number of halogens is 1. The van der Waals surface area contributed by atoms with Gasteiger partial charge in [-0.25, -0.2) is 9.37 Å². The van der Waals surface area contributed by atoms with Gasteiger partial charge in [-0.2, -0.15) is 0 Å². The Morgan fingerprint density at radius 2 is 2.26 bits per heavy atom. The number of hydrogen-bond donors (Lipinski definition) is 1. The summed E-state index contributed by atoms with van der Waals surface area (Å²) in [6.45, 7) is 4.01. The number of nitrogens with one attached hydrogen (secondary N) is 1. The normalized spacial score (nSPS) is 12.8. The van der Waals surface area contributed by atoms with Crippen molar-refractivity contribution in [3.8, 4) is 0 Å². The lowest BCUT2D eigenvalue weighted by Gasteiger charge is -2.10. The number of fused-ring (bicyclic) bond motifs is 1. The smallest absolute Gasteiger partial charge is 0.270 e. The molecule has 2 rings (SSSR count). The van der Waals surface area contributed by atoms with Crippen LogP contribution in [-0.2, 0) is 6.32 Å². The van der Waals surface area contributed by atoms with Crippen LogP contribution < -0.4 is 5.56 Å². The molecule has 3 nitrogen and oxygen atoms in total. The van der Waals surface area contributed by atoms with Crippen LogP contribution in [0.1, 0.15) is 45.3 Å². The van der Waals surface area contributed by atoms with Gasteiger partial charge in [0.25, 0.3) is 5.56 Å². The quantitative estimate of drug-likeness (QED) is 0.859. The van der Waals surface area contributed by atoms with Crippen molar-refractivity contribution >= 4 is 18.9 Å². The zero-order chi connectivity index (χ0) is 14.0. The largest absolute Gasteiger partial charge is 0.317 e. The predicted molar refractivity (Wildman–Crippen MR) is 77.2 cm³/mol. The monoisotopic (exact) mass is 260 g/mol. The lowest BCUT2D eigenvalue weighted by Crippen LogP contribution is -2.18. The molecule has 0 aliphatic heterocycles. The molecule has 19 heavy (non-hydrogen) atoms. The zero-order valence-electron chi connectivity index (χ0n) is 11.2. The predicted octanol–water partition coefficient (Wildman–Crippen LogP) is 2.88. The molecule has 0 saturated heterocycles. The molecule has 1 unspecified atom stereocenters. The highest BCUT2D eigenvalue weighted by Crippen LogP contribution is 2.20. The van der Waals surface area contributed by atoms with Gasteiger partial charge in [-0.05, 0) is 18.1 Å². The molecule has 2 radical (unpaired) electrons. The Labute approximate surface area is 114 Å². The number of H-pyrrole nitrogens is 1. The highest BCUT2D eigenvalue weighted by atomic mass is 19.1. The van der Waals surface area contributed by atoms with E-state index in [1.54, 1.807) is 12.1 Å². The van der Waals surface area contributed by atoms with Crippen molar-refractivity contribution in [2.45, 2.75) is 38.9 Å². The fraction of sp³-hybridized carbons (Fsp3) is 0.429. The molecule has 2 aromatic rings. The molecule has 0 fully saturated rings. The van der Waals surface area contributed by atoms with Crippen molar-refractivity contribution in [1.82, 2.24) is 9.97 Å². The average molecular weight is 260 g/mol. The van der Waals surface area contributed by atoms with Crippen LogP contribution in [0.4, 0.5) is 4.39 Å². The number of aromatic amines is 1. The first-order valence-corrected chi connectivity index (χ1v) is 6.49. The first-order chi connectivity index (χ1) is 9.08. The van der Waals surface area contributed by atoms with E-state index >= 15 is 0 Å². The number of benzene rings is 1. The SMILES string of the molecule is [B]Cc1ccc2nc(C(C)CCC)c(=O)[nH]c2c1F.[HH]. The Kier molecular flexibility index (Phi) is 4.03. The van der Waals surface area contributed by atoms with Gasteiger partial charge in [0.1, 0.15) is 11.2 Å². The van der Waals surface area contributed by atoms with Crippen LogP contribution >= 0.6 is 0 Å². The van der Waals surface area contributed by atoms with Gasteiger partial charge in [0.05, 0.1) is 13.4 Å². The van der Waals surface area contributed by atoms with Crippen molar-refractivity contribution in [1.29, 1.82) is 0 Å². The van der Waals surface area contributed by atoms with Crippen molar-refractivity contribution in [3.63, 3.8) is 0 Å². The molecule has 0 spiro atoms. The second-order valence-corrected chi connectivity index (χ2v) is 4.78. The van der Waals surface area contributed by atoms with Crippen molar-refractivity contribution in [2.24, 2.45) is 0 Å². The summed E-state index contributed by atoms with van der Waals surface area (Å²) in [6.07, 6.45) is 1.95. The Bertz CT molecular complexity index is 659. The van der Waals surface area contributed by atoms with E-state index in [0.717, 1.165) is 12.8 Å². The van der Waals surface area contributed by atoms with Crippen LogP contribution in [0.3, 0.4) is 0 Å². The van der Waals surface area contributed by atoms with Crippen LogP contribution in [-0.4, -0.2) is 17.8 Å². The Balaban J connectivity index is 0.00000200. The minimum absolute atomic E-state index is 0. The van der Waals surface area contributed by atoms with Crippen LogP contribution in [0.5, 0.6) is 0 Å². The van der Waals surface area contributed by atoms with E-state index in [-0.39, 0.29) is 24.7 Å². The summed E-state index contributed by atoms with van der Waals surface area (Å²) >= 11 is 0. The van der Waals surface area contributed by atoms with Gasteiger partial charge in [-0.15, -0.1) is 0 Å². The summed E-state index contributed by atoms with van der Waals surface area (Å²) in [7, 11) is 5.44. The molecule has 0 saturated carbocycles. The molecule has 1 heterocycles. The first-order valence-electron chi connectivity index (χ1n) is 6.49. The maximum absolute atomic E-state index is 14.0. The number of rotatable bonds is 4.